The van der Waals surface area contributed by atoms with Gasteiger partial charge in [0.05, 0.1) is 6.54 Å². The predicted molar refractivity (Wildman–Crippen MR) is 85.8 cm³/mol. The van der Waals surface area contributed by atoms with Crippen LogP contribution in [0.3, 0.4) is 0 Å². The van der Waals surface area contributed by atoms with Crippen molar-refractivity contribution in [2.45, 2.75) is 26.3 Å². The lowest BCUT2D eigenvalue weighted by atomic mass is 9.96. The largest absolute Gasteiger partial charge is 0.369 e. The number of nitrogens with zero attached hydrogens (tertiary/aromatic N) is 2. The minimum atomic E-state index is -0.279. The number of hydrogen-bond donors (Lipinski definition) is 1. The maximum atomic E-state index is 13.2. The van der Waals surface area contributed by atoms with Gasteiger partial charge in [0.15, 0.2) is 0 Å². The number of likely N-dealkylation sites (N-methyl/N-ethyl adjacent to an activating group) is 1. The zero-order valence-corrected chi connectivity index (χ0v) is 13.5. The predicted octanol–water partition coefficient (Wildman–Crippen LogP) is 1.37. The molecule has 0 saturated carbocycles. The van der Waals surface area contributed by atoms with E-state index in [-0.39, 0.29) is 23.5 Å². The van der Waals surface area contributed by atoms with Crippen molar-refractivity contribution in [1.29, 1.82) is 0 Å². The third kappa shape index (κ3) is 5.03. The fourth-order valence-corrected chi connectivity index (χ4v) is 2.88. The highest BCUT2D eigenvalue weighted by Crippen LogP contribution is 2.17. The van der Waals surface area contributed by atoms with Gasteiger partial charge in [0.2, 0.25) is 11.8 Å². The lowest BCUT2D eigenvalue weighted by Crippen LogP contribution is -2.45. The van der Waals surface area contributed by atoms with E-state index in [1.165, 1.54) is 12.1 Å². The van der Waals surface area contributed by atoms with Gasteiger partial charge in [-0.3, -0.25) is 14.5 Å². The number of carbonyl (C=O) groups excluding carboxylic acids is 2. The first-order valence-corrected chi connectivity index (χ1v) is 8.03. The highest BCUT2D eigenvalue weighted by Gasteiger charge is 2.26. The van der Waals surface area contributed by atoms with E-state index in [2.05, 4.69) is 0 Å². The summed E-state index contributed by atoms with van der Waals surface area (Å²) in [6.45, 7) is 4.67. The van der Waals surface area contributed by atoms with Gasteiger partial charge in [-0.2, -0.15) is 0 Å². The molecule has 0 aromatic heterocycles. The maximum Gasteiger partial charge on any atom is 0.236 e. The van der Waals surface area contributed by atoms with Gasteiger partial charge in [0.25, 0.3) is 0 Å². The Bertz CT molecular complexity index is 557. The molecule has 1 aliphatic rings. The molecule has 126 valence electrons. The lowest BCUT2D eigenvalue weighted by molar-refractivity contribution is -0.136. The van der Waals surface area contributed by atoms with Crippen molar-refractivity contribution in [3.05, 3.63) is 35.6 Å². The van der Waals surface area contributed by atoms with Crippen molar-refractivity contribution in [2.75, 3.05) is 26.2 Å². The Labute approximate surface area is 136 Å². The molecule has 0 spiro atoms. The average molecular weight is 321 g/mol. The van der Waals surface area contributed by atoms with Crippen molar-refractivity contribution in [1.82, 2.24) is 9.80 Å². The summed E-state index contributed by atoms with van der Waals surface area (Å²) in [5.74, 6) is -0.614. The molecular formula is C17H24FN3O2. The normalized spacial score (nSPS) is 15.9. The summed E-state index contributed by atoms with van der Waals surface area (Å²) in [6.07, 6.45) is 1.27. The van der Waals surface area contributed by atoms with Gasteiger partial charge in [-0.05, 0) is 37.1 Å². The first-order valence-electron chi connectivity index (χ1n) is 8.03. The van der Waals surface area contributed by atoms with Crippen LogP contribution in [-0.2, 0) is 16.1 Å². The number of likely N-dealkylation sites (tertiary alicyclic amines) is 1. The number of primary amides is 1. The number of rotatable bonds is 6. The Morgan fingerprint density at radius 3 is 2.61 bits per heavy atom. The summed E-state index contributed by atoms with van der Waals surface area (Å²) >= 11 is 0. The Kier molecular flexibility index (Phi) is 6.10. The molecule has 1 aromatic rings. The molecule has 0 atom stereocenters. The third-order valence-electron chi connectivity index (χ3n) is 4.35. The summed E-state index contributed by atoms with van der Waals surface area (Å²) in [5.41, 5.74) is 6.16. The van der Waals surface area contributed by atoms with Crippen LogP contribution in [0.4, 0.5) is 4.39 Å². The van der Waals surface area contributed by atoms with Crippen LogP contribution in [0.25, 0.3) is 0 Å². The number of amides is 2. The summed E-state index contributed by atoms with van der Waals surface area (Å²) in [4.78, 5) is 27.3. The molecule has 0 unspecified atom stereocenters. The van der Waals surface area contributed by atoms with Gasteiger partial charge in [-0.25, -0.2) is 4.39 Å². The SMILES string of the molecule is CCN(CC(=O)N1CCC(C(N)=O)CC1)Cc1cccc(F)c1. The molecule has 2 N–H and O–H groups in total. The van der Waals surface area contributed by atoms with Crippen LogP contribution in [0.15, 0.2) is 24.3 Å². The van der Waals surface area contributed by atoms with E-state index < -0.39 is 0 Å². The monoisotopic (exact) mass is 321 g/mol. The van der Waals surface area contributed by atoms with E-state index in [4.69, 9.17) is 5.73 Å². The number of hydrogen-bond acceptors (Lipinski definition) is 3. The van der Waals surface area contributed by atoms with Crippen molar-refractivity contribution in [2.24, 2.45) is 11.7 Å². The Morgan fingerprint density at radius 1 is 1.35 bits per heavy atom. The van der Waals surface area contributed by atoms with E-state index in [1.54, 1.807) is 11.0 Å². The van der Waals surface area contributed by atoms with Crippen LogP contribution < -0.4 is 5.73 Å². The van der Waals surface area contributed by atoms with E-state index in [1.807, 2.05) is 17.9 Å². The second kappa shape index (κ2) is 8.06. The number of piperidine rings is 1. The van der Waals surface area contributed by atoms with E-state index >= 15 is 0 Å². The van der Waals surface area contributed by atoms with Gasteiger partial charge >= 0.3 is 0 Å². The summed E-state index contributed by atoms with van der Waals surface area (Å²) < 4.78 is 13.2. The quantitative estimate of drug-likeness (QED) is 0.860. The highest BCUT2D eigenvalue weighted by molar-refractivity contribution is 5.80. The topological polar surface area (TPSA) is 66.6 Å². The first kappa shape index (κ1) is 17.4. The molecule has 0 radical (unpaired) electrons. The second-order valence-electron chi connectivity index (χ2n) is 5.99. The minimum Gasteiger partial charge on any atom is -0.369 e. The number of carbonyl (C=O) groups is 2. The van der Waals surface area contributed by atoms with Gasteiger partial charge in [-0.1, -0.05) is 19.1 Å². The van der Waals surface area contributed by atoms with Crippen molar-refractivity contribution in [3.8, 4) is 0 Å². The zero-order chi connectivity index (χ0) is 16.8. The molecule has 0 aliphatic carbocycles. The molecule has 0 bridgehead atoms. The van der Waals surface area contributed by atoms with E-state index in [0.717, 1.165) is 5.56 Å². The maximum absolute atomic E-state index is 13.2. The Morgan fingerprint density at radius 2 is 2.04 bits per heavy atom. The molecule has 1 heterocycles. The fraction of sp³-hybridized carbons (Fsp3) is 0.529. The summed E-state index contributed by atoms with van der Waals surface area (Å²) in [7, 11) is 0. The van der Waals surface area contributed by atoms with Crippen molar-refractivity contribution >= 4 is 11.8 Å². The van der Waals surface area contributed by atoms with Crippen LogP contribution in [0.2, 0.25) is 0 Å². The molecular weight excluding hydrogens is 297 g/mol. The lowest BCUT2D eigenvalue weighted by Gasteiger charge is -2.32. The molecule has 1 aliphatic heterocycles. The second-order valence-corrected chi connectivity index (χ2v) is 5.99. The van der Waals surface area contributed by atoms with Crippen LogP contribution in [-0.4, -0.2) is 47.8 Å². The van der Waals surface area contributed by atoms with Crippen LogP contribution >= 0.6 is 0 Å². The standard InChI is InChI=1S/C17H24FN3O2/c1-2-20(11-13-4-3-5-15(18)10-13)12-16(22)21-8-6-14(7-9-21)17(19)23/h3-5,10,14H,2,6-9,11-12H2,1H3,(H2,19,23). The first-order chi connectivity index (χ1) is 11.0. The number of benzene rings is 1. The van der Waals surface area contributed by atoms with Gasteiger partial charge < -0.3 is 10.6 Å². The van der Waals surface area contributed by atoms with Crippen molar-refractivity contribution < 1.29 is 14.0 Å². The van der Waals surface area contributed by atoms with Crippen LogP contribution in [0.5, 0.6) is 0 Å². The molecule has 6 heteroatoms. The van der Waals surface area contributed by atoms with E-state index in [9.17, 15) is 14.0 Å². The molecule has 1 aromatic carbocycles. The fourth-order valence-electron chi connectivity index (χ4n) is 2.88. The highest BCUT2D eigenvalue weighted by atomic mass is 19.1. The third-order valence-corrected chi connectivity index (χ3v) is 4.35. The van der Waals surface area contributed by atoms with Crippen molar-refractivity contribution in [3.63, 3.8) is 0 Å². The average Bonchev–Trinajstić information content (AvgIpc) is 2.54. The van der Waals surface area contributed by atoms with Crippen LogP contribution in [0.1, 0.15) is 25.3 Å². The van der Waals surface area contributed by atoms with Gasteiger partial charge in [0.1, 0.15) is 5.82 Å². The molecule has 23 heavy (non-hydrogen) atoms. The smallest absolute Gasteiger partial charge is 0.236 e. The van der Waals surface area contributed by atoms with Gasteiger partial charge in [0, 0.05) is 25.6 Å². The molecule has 2 rings (SSSR count). The Balaban J connectivity index is 1.86. The molecule has 1 saturated heterocycles. The summed E-state index contributed by atoms with van der Waals surface area (Å²) in [6, 6.07) is 6.43. The summed E-state index contributed by atoms with van der Waals surface area (Å²) in [5, 5.41) is 0. The number of nitrogens with two attached hydrogens (primary N) is 1. The Hall–Kier alpha value is -1.95. The molecule has 1 fully saturated rings. The van der Waals surface area contributed by atoms with Gasteiger partial charge in [-0.15, -0.1) is 0 Å². The number of halogens is 1. The zero-order valence-electron chi connectivity index (χ0n) is 13.5. The van der Waals surface area contributed by atoms with Crippen LogP contribution in [0, 0.1) is 11.7 Å². The minimum absolute atomic E-state index is 0.0474. The molecule has 2 amide bonds. The molecule has 5 nitrogen and oxygen atoms in total. The van der Waals surface area contributed by atoms with E-state index in [0.29, 0.717) is 45.6 Å².